The number of halogens is 3. The van der Waals surface area contributed by atoms with Gasteiger partial charge in [0.15, 0.2) is 5.78 Å². The van der Waals surface area contributed by atoms with E-state index in [1.807, 2.05) is 12.1 Å². The molecule has 0 heterocycles. The molecule has 0 radical (unpaired) electrons. The van der Waals surface area contributed by atoms with Crippen LogP contribution < -0.4 is 4.74 Å². The summed E-state index contributed by atoms with van der Waals surface area (Å²) in [4.78, 5) is 12.5. The molecule has 0 amide bonds. The minimum atomic E-state index is -0.438. The van der Waals surface area contributed by atoms with Gasteiger partial charge in [0, 0.05) is 21.4 Å². The maximum Gasteiger partial charge on any atom is 0.197 e. The summed E-state index contributed by atoms with van der Waals surface area (Å²) in [5.74, 6) is -0.423. The second-order valence-electron chi connectivity index (χ2n) is 4.12. The van der Waals surface area contributed by atoms with E-state index in [0.717, 1.165) is 5.56 Å². The lowest BCUT2D eigenvalue weighted by atomic mass is 10.0. The summed E-state index contributed by atoms with van der Waals surface area (Å²) in [6, 6.07) is 9.36. The van der Waals surface area contributed by atoms with Gasteiger partial charge in [-0.3, -0.25) is 4.79 Å². The van der Waals surface area contributed by atoms with Crippen LogP contribution in [0.3, 0.4) is 0 Å². The Labute approximate surface area is 133 Å². The molecule has 0 fully saturated rings. The van der Waals surface area contributed by atoms with Crippen LogP contribution in [0.15, 0.2) is 40.9 Å². The summed E-state index contributed by atoms with van der Waals surface area (Å²) in [5, 5.41) is 0.708. The quantitative estimate of drug-likeness (QED) is 0.547. The average Bonchev–Trinajstić information content (AvgIpc) is 2.46. The summed E-state index contributed by atoms with van der Waals surface area (Å²) < 4.78 is 18.9. The zero-order valence-corrected chi connectivity index (χ0v) is 13.8. The van der Waals surface area contributed by atoms with E-state index in [9.17, 15) is 9.18 Å². The third kappa shape index (κ3) is 3.10. The zero-order chi connectivity index (χ0) is 14.7. The van der Waals surface area contributed by atoms with Crippen LogP contribution in [0.5, 0.6) is 5.75 Å². The second-order valence-corrected chi connectivity index (χ2v) is 5.54. The monoisotopic (exact) mass is 400 g/mol. The minimum Gasteiger partial charge on any atom is -0.496 e. The molecule has 0 aliphatic rings. The van der Waals surface area contributed by atoms with Crippen molar-refractivity contribution < 1.29 is 13.9 Å². The van der Waals surface area contributed by atoms with Gasteiger partial charge in [-0.25, -0.2) is 4.39 Å². The van der Waals surface area contributed by atoms with Crippen LogP contribution in [0.1, 0.15) is 21.5 Å². The molecular weight excluding hydrogens is 391 g/mol. The van der Waals surface area contributed by atoms with Crippen molar-refractivity contribution in [3.63, 3.8) is 0 Å². The topological polar surface area (TPSA) is 26.3 Å². The molecule has 20 heavy (non-hydrogen) atoms. The van der Waals surface area contributed by atoms with Crippen molar-refractivity contribution in [3.8, 4) is 5.75 Å². The first-order valence-corrected chi connectivity index (χ1v) is 7.71. The number of methoxy groups -OCH3 is 1. The Morgan fingerprint density at radius 1 is 1.20 bits per heavy atom. The van der Waals surface area contributed by atoms with Crippen LogP contribution in [-0.4, -0.2) is 12.9 Å². The normalized spacial score (nSPS) is 10.4. The van der Waals surface area contributed by atoms with Gasteiger partial charge in [0.1, 0.15) is 11.6 Å². The highest BCUT2D eigenvalue weighted by molar-refractivity contribution is 9.10. The van der Waals surface area contributed by atoms with Gasteiger partial charge in [-0.2, -0.15) is 0 Å². The smallest absolute Gasteiger partial charge is 0.197 e. The SMILES string of the molecule is COc1cc(F)ccc1C(=O)c1ccc(CBr)cc1Br. The Morgan fingerprint density at radius 3 is 2.50 bits per heavy atom. The fraction of sp³-hybridized carbons (Fsp3) is 0.133. The Hall–Kier alpha value is -1.20. The van der Waals surface area contributed by atoms with E-state index in [0.29, 0.717) is 20.9 Å². The van der Waals surface area contributed by atoms with Crippen LogP contribution in [0.25, 0.3) is 0 Å². The molecule has 0 spiro atoms. The molecule has 0 unspecified atom stereocenters. The van der Waals surface area contributed by atoms with Crippen molar-refractivity contribution in [1.82, 2.24) is 0 Å². The Bertz CT molecular complexity index is 656. The summed E-state index contributed by atoms with van der Waals surface area (Å²) in [6.07, 6.45) is 0. The number of rotatable bonds is 4. The van der Waals surface area contributed by atoms with E-state index >= 15 is 0 Å². The van der Waals surface area contributed by atoms with Gasteiger partial charge in [0.25, 0.3) is 0 Å². The summed E-state index contributed by atoms with van der Waals surface area (Å²) in [6.45, 7) is 0. The molecular formula is C15H11Br2FO2. The van der Waals surface area contributed by atoms with Gasteiger partial charge < -0.3 is 4.74 Å². The highest BCUT2D eigenvalue weighted by Crippen LogP contribution is 2.27. The molecule has 2 rings (SSSR count). The van der Waals surface area contributed by atoms with Gasteiger partial charge in [0.05, 0.1) is 12.7 Å². The van der Waals surface area contributed by atoms with E-state index in [1.165, 1.54) is 25.3 Å². The molecule has 5 heteroatoms. The molecule has 104 valence electrons. The molecule has 0 saturated carbocycles. The summed E-state index contributed by atoms with van der Waals surface area (Å²) in [5.41, 5.74) is 1.90. The van der Waals surface area contributed by atoms with Crippen LogP contribution in [0, 0.1) is 5.82 Å². The molecule has 0 bridgehead atoms. The molecule has 0 aliphatic carbocycles. The molecule has 0 saturated heterocycles. The average molecular weight is 402 g/mol. The number of benzene rings is 2. The van der Waals surface area contributed by atoms with E-state index < -0.39 is 5.82 Å². The Morgan fingerprint density at radius 2 is 1.90 bits per heavy atom. The van der Waals surface area contributed by atoms with Gasteiger partial charge in [-0.15, -0.1) is 0 Å². The first kappa shape index (κ1) is 15.2. The van der Waals surface area contributed by atoms with Gasteiger partial charge in [0.2, 0.25) is 0 Å². The molecule has 0 aromatic heterocycles. The number of ketones is 1. The molecule has 0 aliphatic heterocycles. The van der Waals surface area contributed by atoms with Gasteiger partial charge in [-0.05, 0) is 29.8 Å². The first-order chi connectivity index (χ1) is 9.56. The zero-order valence-electron chi connectivity index (χ0n) is 10.6. The first-order valence-electron chi connectivity index (χ1n) is 5.79. The van der Waals surface area contributed by atoms with Crippen molar-refractivity contribution in [2.45, 2.75) is 5.33 Å². The van der Waals surface area contributed by atoms with Crippen molar-refractivity contribution in [3.05, 3.63) is 63.4 Å². The van der Waals surface area contributed by atoms with E-state index in [4.69, 9.17) is 4.74 Å². The highest BCUT2D eigenvalue weighted by Gasteiger charge is 2.17. The maximum absolute atomic E-state index is 13.2. The fourth-order valence-corrected chi connectivity index (χ4v) is 2.78. The number of ether oxygens (including phenoxy) is 1. The van der Waals surface area contributed by atoms with Crippen molar-refractivity contribution in [2.24, 2.45) is 0 Å². The van der Waals surface area contributed by atoms with Crippen molar-refractivity contribution in [1.29, 1.82) is 0 Å². The van der Waals surface area contributed by atoms with Crippen molar-refractivity contribution >= 4 is 37.6 Å². The fourth-order valence-electron chi connectivity index (χ4n) is 1.82. The Balaban J connectivity index is 2.46. The number of hydrogen-bond donors (Lipinski definition) is 0. The molecule has 2 nitrogen and oxygen atoms in total. The molecule has 2 aromatic rings. The third-order valence-corrected chi connectivity index (χ3v) is 4.14. The highest BCUT2D eigenvalue weighted by atomic mass is 79.9. The van der Waals surface area contributed by atoms with E-state index in [2.05, 4.69) is 31.9 Å². The molecule has 2 aromatic carbocycles. The van der Waals surface area contributed by atoms with Crippen LogP contribution in [0.2, 0.25) is 0 Å². The van der Waals surface area contributed by atoms with Gasteiger partial charge in [-0.1, -0.05) is 37.9 Å². The largest absolute Gasteiger partial charge is 0.496 e. The van der Waals surface area contributed by atoms with Crippen LogP contribution in [0.4, 0.5) is 4.39 Å². The number of alkyl halides is 1. The number of hydrogen-bond acceptors (Lipinski definition) is 2. The second kappa shape index (κ2) is 6.50. The summed E-state index contributed by atoms with van der Waals surface area (Å²) >= 11 is 6.75. The Kier molecular flexibility index (Phi) is 4.94. The van der Waals surface area contributed by atoms with Crippen LogP contribution >= 0.6 is 31.9 Å². The lowest BCUT2D eigenvalue weighted by molar-refractivity contribution is 0.103. The molecule has 0 N–H and O–H groups in total. The number of carbonyl (C=O) groups excluding carboxylic acids is 1. The van der Waals surface area contributed by atoms with Crippen molar-refractivity contribution in [2.75, 3.05) is 7.11 Å². The van der Waals surface area contributed by atoms with Gasteiger partial charge >= 0.3 is 0 Å². The standard InChI is InChI=1S/C15H11Br2FO2/c1-20-14-7-10(18)3-5-12(14)15(19)11-4-2-9(8-16)6-13(11)17/h2-7H,8H2,1H3. The lowest BCUT2D eigenvalue weighted by Gasteiger charge is -2.09. The predicted octanol–water partition coefficient (Wildman–Crippen LogP) is 4.72. The molecule has 0 atom stereocenters. The van der Waals surface area contributed by atoms with E-state index in [1.54, 1.807) is 6.07 Å². The van der Waals surface area contributed by atoms with Crippen LogP contribution in [-0.2, 0) is 5.33 Å². The summed E-state index contributed by atoms with van der Waals surface area (Å²) in [7, 11) is 1.41. The predicted molar refractivity (Wildman–Crippen MR) is 83.2 cm³/mol. The third-order valence-electron chi connectivity index (χ3n) is 2.84. The van der Waals surface area contributed by atoms with E-state index in [-0.39, 0.29) is 11.5 Å². The minimum absolute atomic E-state index is 0.213. The lowest BCUT2D eigenvalue weighted by Crippen LogP contribution is -2.05. The maximum atomic E-state index is 13.2. The number of carbonyl (C=O) groups is 1.